The number of phosphoric acid groups is 1. The molecule has 0 bridgehead atoms. The summed E-state index contributed by atoms with van der Waals surface area (Å²) in [6.07, 6.45) is -6.46. The molecule has 0 aromatic carbocycles. The molecule has 4 atom stereocenters. The molecule has 260 valence electrons. The van der Waals surface area contributed by atoms with Gasteiger partial charge in [0.15, 0.2) is 17.4 Å². The van der Waals surface area contributed by atoms with E-state index in [2.05, 4.69) is 29.7 Å². The third-order valence-corrected chi connectivity index (χ3v) is 7.12. The van der Waals surface area contributed by atoms with Crippen LogP contribution >= 0.6 is 7.82 Å². The Bertz CT molecular complexity index is 1390. The number of rotatable bonds is 16. The van der Waals surface area contributed by atoms with E-state index in [1.165, 1.54) is 27.7 Å². The molecule has 1 fully saturated rings. The zero-order valence-corrected chi connectivity index (χ0v) is 26.9. The average Bonchev–Trinajstić information content (AvgIpc) is 3.47. The maximum Gasteiger partial charge on any atom is 0.510 e. The number of aliphatic hydroxyl groups excluding tert-OH is 1. The van der Waals surface area contributed by atoms with Crippen molar-refractivity contribution in [2.24, 2.45) is 0 Å². The van der Waals surface area contributed by atoms with Crippen LogP contribution in [0.1, 0.15) is 56.0 Å². The van der Waals surface area contributed by atoms with E-state index in [9.17, 15) is 24.4 Å². The second-order valence-electron chi connectivity index (χ2n) is 10.3. The Morgan fingerprint density at radius 2 is 1.76 bits per heavy atom. The molecule has 0 saturated carbocycles. The largest absolute Gasteiger partial charge is 0.510 e. The lowest BCUT2D eigenvalue weighted by atomic mass is 9.95. The van der Waals surface area contributed by atoms with Crippen LogP contribution in [0, 0.1) is 0 Å². The first-order chi connectivity index (χ1) is 22.0. The van der Waals surface area contributed by atoms with Crippen LogP contribution in [0.15, 0.2) is 6.33 Å². The molecule has 3 N–H and O–H groups in total. The number of halogens is 1. The number of fused-ring (bicyclic) bond motifs is 1. The molecule has 19 nitrogen and oxygen atoms in total. The van der Waals surface area contributed by atoms with Crippen LogP contribution in [-0.2, 0) is 41.8 Å². The Hall–Kier alpha value is -3.39. The first-order valence-electron chi connectivity index (χ1n) is 14.6. The zero-order valence-electron chi connectivity index (χ0n) is 27.0. The van der Waals surface area contributed by atoms with Crippen molar-refractivity contribution < 1.29 is 72.1 Å². The number of ether oxygens (including phenoxy) is 6. The Morgan fingerprint density at radius 1 is 1.15 bits per heavy atom. The number of nitrogens with zero attached hydrogens (tertiary/aromatic N) is 4. The van der Waals surface area contributed by atoms with E-state index >= 15 is 4.39 Å². The van der Waals surface area contributed by atoms with Gasteiger partial charge in [0.05, 0.1) is 25.1 Å². The van der Waals surface area contributed by atoms with Gasteiger partial charge in [-0.2, -0.15) is 9.97 Å². The van der Waals surface area contributed by atoms with E-state index in [-0.39, 0.29) is 43.0 Å². The Kier molecular flexibility index (Phi) is 11.9. The molecule has 1 aliphatic heterocycles. The van der Waals surface area contributed by atoms with Gasteiger partial charge in [0.25, 0.3) is 5.85 Å². The molecule has 46 heavy (non-hydrogen) atoms. The number of anilines is 1. The predicted octanol–water partition coefficient (Wildman–Crippen LogP) is 3.16. The molecular formula is C25H39FN5O14P. The first kappa shape index (κ1) is 35.5. The highest BCUT2D eigenvalue weighted by molar-refractivity contribution is 7.48. The predicted molar refractivity (Wildman–Crippen MR) is 152 cm³/mol. The van der Waals surface area contributed by atoms with E-state index in [0.29, 0.717) is 0 Å². The topological polar surface area (TPSA) is 230 Å². The fraction of sp³-hybridized carbons (Fsp3) is 0.720. The van der Waals surface area contributed by atoms with Crippen LogP contribution in [-0.4, -0.2) is 105 Å². The molecule has 1 saturated heterocycles. The van der Waals surface area contributed by atoms with Gasteiger partial charge >= 0.3 is 20.1 Å². The van der Waals surface area contributed by atoms with Crippen LogP contribution in [0.25, 0.3) is 11.2 Å². The minimum Gasteiger partial charge on any atom is -0.476 e. The number of nitrogens with one attached hydrogen (secondary N) is 1. The lowest BCUT2D eigenvalue weighted by molar-refractivity contribution is -0.205. The lowest BCUT2D eigenvalue weighted by Gasteiger charge is -2.28. The summed E-state index contributed by atoms with van der Waals surface area (Å²) in [6.45, 7) is 5.75. The van der Waals surface area contributed by atoms with Crippen molar-refractivity contribution in [2.75, 3.05) is 38.7 Å². The summed E-state index contributed by atoms with van der Waals surface area (Å²) >= 11 is 0. The summed E-state index contributed by atoms with van der Waals surface area (Å²) in [4.78, 5) is 36.1. The number of hydrogen-bond acceptors (Lipinski definition) is 18. The minimum absolute atomic E-state index is 0.00122. The van der Waals surface area contributed by atoms with Gasteiger partial charge in [-0.25, -0.2) is 32.6 Å². The Balaban J connectivity index is 1.83. The zero-order chi connectivity index (χ0) is 35.0. The number of aliphatic hydroxyl groups is 2. The normalized spacial score (nSPS) is 23.4. The number of alkyl halides is 1. The summed E-state index contributed by atoms with van der Waals surface area (Å²) in [6, 6.07) is 0. The SMILES string of the molecule is [3H]CCNc1nc(OCC)c2ncn([C@@H]3O[C@](F)(COP(=O)(OCOC(=O)OC(C)C)OCOC(=O)OC(C)C)[C@@H](O)[C@@]3(C)O)c2n1. The van der Waals surface area contributed by atoms with Gasteiger partial charge < -0.3 is 44.0 Å². The van der Waals surface area contributed by atoms with Gasteiger partial charge in [0.2, 0.25) is 25.4 Å². The fourth-order valence-electron chi connectivity index (χ4n) is 3.89. The number of aromatic nitrogens is 4. The second kappa shape index (κ2) is 15.5. The molecule has 3 rings (SSSR count). The first-order valence-corrected chi connectivity index (χ1v) is 15.4. The van der Waals surface area contributed by atoms with Gasteiger partial charge in [-0.15, -0.1) is 0 Å². The smallest absolute Gasteiger partial charge is 0.476 e. The van der Waals surface area contributed by atoms with Crippen molar-refractivity contribution in [3.05, 3.63) is 6.33 Å². The number of imidazole rings is 1. The van der Waals surface area contributed by atoms with Crippen molar-refractivity contribution in [3.8, 4) is 5.88 Å². The summed E-state index contributed by atoms with van der Waals surface area (Å²) in [5.41, 5.74) is -2.27. The Labute approximate surface area is 264 Å². The lowest BCUT2D eigenvalue weighted by Crippen LogP contribution is -2.49. The van der Waals surface area contributed by atoms with Crippen LogP contribution in [0.4, 0.5) is 19.9 Å². The number of carbonyl (C=O) groups excluding carboxylic acids is 2. The quantitative estimate of drug-likeness (QED) is 0.131. The molecule has 0 spiro atoms. The fourth-order valence-corrected chi connectivity index (χ4v) is 4.81. The van der Waals surface area contributed by atoms with Gasteiger partial charge in [0, 0.05) is 7.92 Å². The van der Waals surface area contributed by atoms with Crippen LogP contribution in [0.3, 0.4) is 0 Å². The highest BCUT2D eigenvalue weighted by Crippen LogP contribution is 2.53. The van der Waals surface area contributed by atoms with Crippen LogP contribution in [0.2, 0.25) is 0 Å². The summed E-state index contributed by atoms with van der Waals surface area (Å²) in [7, 11) is -4.97. The van der Waals surface area contributed by atoms with Crippen molar-refractivity contribution in [1.29, 1.82) is 0 Å². The second-order valence-corrected chi connectivity index (χ2v) is 11.9. The van der Waals surface area contributed by atoms with Gasteiger partial charge in [-0.1, -0.05) is 0 Å². The Morgan fingerprint density at radius 3 is 2.30 bits per heavy atom. The average molecular weight is 686 g/mol. The molecule has 1 aliphatic rings. The molecule has 0 amide bonds. The van der Waals surface area contributed by atoms with E-state index < -0.39 is 76.3 Å². The number of phosphoric ester groups is 1. The third-order valence-electron chi connectivity index (χ3n) is 5.83. The maximum absolute atomic E-state index is 16.3. The van der Waals surface area contributed by atoms with Gasteiger partial charge in [-0.05, 0) is 48.4 Å². The molecule has 3 heterocycles. The van der Waals surface area contributed by atoms with Crippen molar-refractivity contribution >= 4 is 37.2 Å². The van der Waals surface area contributed by atoms with Crippen molar-refractivity contribution in [3.63, 3.8) is 0 Å². The minimum atomic E-state index is -4.97. The summed E-state index contributed by atoms with van der Waals surface area (Å²) < 4.78 is 82.7. The van der Waals surface area contributed by atoms with E-state index in [1.54, 1.807) is 6.92 Å². The van der Waals surface area contributed by atoms with Crippen LogP contribution < -0.4 is 10.1 Å². The molecular weight excluding hydrogens is 644 g/mol. The standard InChI is InChI=1S/C25H39FN5O14P/c1-8-27-21-29-17-16(18(30-21)37-9-2)28-11-31(17)20-24(7,35)19(32)25(26,45-20)10-40-46(36,41-12-38-22(33)43-14(3)4)42-13-39-23(34)44-15(5)6/h11,14-15,19-20,32,35H,8-10,12-13H2,1-7H3,(H,27,29,30)/t19-,20+,24+,25+/m0/s1/i1T. The number of carbonyl (C=O) groups is 2. The van der Waals surface area contributed by atoms with Gasteiger partial charge in [-0.3, -0.25) is 9.09 Å². The monoisotopic (exact) mass is 685 g/mol. The van der Waals surface area contributed by atoms with Crippen molar-refractivity contribution in [2.45, 2.75) is 84.4 Å². The highest BCUT2D eigenvalue weighted by Gasteiger charge is 2.64. The van der Waals surface area contributed by atoms with Gasteiger partial charge in [0.1, 0.15) is 18.3 Å². The molecule has 0 aliphatic carbocycles. The molecule has 2 aromatic rings. The molecule has 21 heteroatoms. The number of hydrogen-bond donors (Lipinski definition) is 3. The van der Waals surface area contributed by atoms with E-state index in [1.807, 2.05) is 0 Å². The highest BCUT2D eigenvalue weighted by atomic mass is 31.2. The van der Waals surface area contributed by atoms with E-state index in [4.69, 9.17) is 33.9 Å². The summed E-state index contributed by atoms with van der Waals surface area (Å²) in [5, 5.41) is 25.0. The molecule has 2 aromatic heterocycles. The third kappa shape index (κ3) is 9.11. The summed E-state index contributed by atoms with van der Waals surface area (Å²) in [5.74, 6) is -3.20. The molecule has 0 radical (unpaired) electrons. The van der Waals surface area contributed by atoms with E-state index in [0.717, 1.165) is 17.8 Å². The maximum atomic E-state index is 16.3. The van der Waals surface area contributed by atoms with Crippen molar-refractivity contribution in [1.82, 2.24) is 19.5 Å². The van der Waals surface area contributed by atoms with Crippen LogP contribution in [0.5, 0.6) is 5.88 Å². The molecule has 0 unspecified atom stereocenters.